The van der Waals surface area contributed by atoms with E-state index in [1.165, 1.54) is 51.4 Å². The summed E-state index contributed by atoms with van der Waals surface area (Å²) in [6.45, 7) is 7.60. The molecule has 5 rings (SSSR count). The Hall–Kier alpha value is -0.630. The number of allylic oxidation sites excluding steroid dienone is 2. The molecule has 0 bridgehead atoms. The molecule has 1 spiro atoms. The van der Waals surface area contributed by atoms with Gasteiger partial charge in [0, 0.05) is 12.5 Å². The molecule has 5 saturated carbocycles. The first-order valence-electron chi connectivity index (χ1n) is 11.6. The van der Waals surface area contributed by atoms with Crippen molar-refractivity contribution in [2.45, 2.75) is 78.2 Å². The Balaban J connectivity index is 1.46. The van der Waals surface area contributed by atoms with Gasteiger partial charge in [-0.25, -0.2) is 0 Å². The molecule has 0 unspecified atom stereocenters. The highest BCUT2D eigenvalue weighted by atomic mass is 16.5. The van der Waals surface area contributed by atoms with E-state index in [0.29, 0.717) is 28.3 Å². The summed E-state index contributed by atoms with van der Waals surface area (Å²) >= 11 is 0. The van der Waals surface area contributed by atoms with Crippen LogP contribution in [0.25, 0.3) is 0 Å². The summed E-state index contributed by atoms with van der Waals surface area (Å²) in [5.74, 6) is 4.86. The maximum absolute atomic E-state index is 10.8. The van der Waals surface area contributed by atoms with Gasteiger partial charge in [0.25, 0.3) is 0 Å². The Bertz CT molecular complexity index is 655. The molecule has 0 amide bonds. The number of fused-ring (bicyclic) bond motifs is 4. The van der Waals surface area contributed by atoms with Crippen LogP contribution >= 0.6 is 0 Å². The number of aldehydes is 1. The molecule has 5 aliphatic rings. The molecule has 0 heterocycles. The molecule has 0 aromatic rings. The van der Waals surface area contributed by atoms with Gasteiger partial charge in [0.05, 0.1) is 6.10 Å². The summed E-state index contributed by atoms with van der Waals surface area (Å²) in [7, 11) is 1.99. The van der Waals surface area contributed by atoms with E-state index in [-0.39, 0.29) is 0 Å². The molecule has 0 aromatic carbocycles. The van der Waals surface area contributed by atoms with Crippen molar-refractivity contribution >= 4 is 6.29 Å². The van der Waals surface area contributed by atoms with Gasteiger partial charge in [-0.1, -0.05) is 26.8 Å². The third-order valence-corrected chi connectivity index (χ3v) is 11.0. The third kappa shape index (κ3) is 2.15. The first-order valence-corrected chi connectivity index (χ1v) is 11.6. The van der Waals surface area contributed by atoms with Crippen molar-refractivity contribution in [2.75, 3.05) is 7.11 Å². The molecule has 10 atom stereocenters. The largest absolute Gasteiger partial charge is 0.381 e. The van der Waals surface area contributed by atoms with Gasteiger partial charge in [-0.05, 0) is 104 Å². The first-order chi connectivity index (χ1) is 12.9. The molecule has 5 aliphatic carbocycles. The molecule has 2 nitrogen and oxygen atoms in total. The molecule has 0 N–H and O–H groups in total. The maximum Gasteiger partial charge on any atom is 0.142 e. The van der Waals surface area contributed by atoms with Gasteiger partial charge in [0.2, 0.25) is 0 Å². The lowest BCUT2D eigenvalue weighted by Gasteiger charge is -2.61. The van der Waals surface area contributed by atoms with Gasteiger partial charge >= 0.3 is 0 Å². The zero-order valence-corrected chi connectivity index (χ0v) is 17.7. The fourth-order valence-corrected chi connectivity index (χ4v) is 9.84. The van der Waals surface area contributed by atoms with Crippen LogP contribution in [0.5, 0.6) is 0 Å². The van der Waals surface area contributed by atoms with Crippen molar-refractivity contribution in [3.8, 4) is 0 Å². The average molecular weight is 371 g/mol. The molecule has 0 aliphatic heterocycles. The van der Waals surface area contributed by atoms with E-state index in [1.807, 2.05) is 7.11 Å². The van der Waals surface area contributed by atoms with Crippen molar-refractivity contribution in [2.24, 2.45) is 51.8 Å². The van der Waals surface area contributed by atoms with Crippen LogP contribution in [0.1, 0.15) is 72.1 Å². The number of hydrogen-bond acceptors (Lipinski definition) is 2. The van der Waals surface area contributed by atoms with Crippen LogP contribution < -0.4 is 0 Å². The summed E-state index contributed by atoms with van der Waals surface area (Å²) in [5.41, 5.74) is 1.52. The fraction of sp³-hybridized carbons (Fsp3) is 0.880. The number of rotatable bonds is 4. The quantitative estimate of drug-likeness (QED) is 0.471. The lowest BCUT2D eigenvalue weighted by Crippen LogP contribution is -2.57. The molecule has 2 heteroatoms. The Morgan fingerprint density at radius 1 is 1.07 bits per heavy atom. The molecule has 0 radical (unpaired) electrons. The second kappa shape index (κ2) is 5.94. The Labute approximate surface area is 165 Å². The van der Waals surface area contributed by atoms with Crippen LogP contribution in [-0.4, -0.2) is 19.5 Å². The van der Waals surface area contributed by atoms with E-state index >= 15 is 0 Å². The monoisotopic (exact) mass is 370 g/mol. The van der Waals surface area contributed by atoms with Crippen LogP contribution in [0.4, 0.5) is 0 Å². The van der Waals surface area contributed by atoms with E-state index in [0.717, 1.165) is 35.9 Å². The standard InChI is InChI=1S/C25H38O2/c1-16(6-5-13-26)19-7-8-20-18-14-22(27-4)25-15-17(25)9-12-24(25,3)21(18)10-11-23(19,20)2/h5-6,13,16-22H,7-12,14-15H2,1-4H3/t16-,17+,18+,19-,20+,21+,22+,23-,24-,25+/m1/s1. The molecule has 150 valence electrons. The van der Waals surface area contributed by atoms with E-state index in [1.54, 1.807) is 6.08 Å². The lowest BCUT2D eigenvalue weighted by molar-refractivity contribution is -0.160. The zero-order valence-electron chi connectivity index (χ0n) is 17.7. The Kier molecular flexibility index (Phi) is 4.05. The highest BCUT2D eigenvalue weighted by Gasteiger charge is 2.77. The van der Waals surface area contributed by atoms with E-state index in [2.05, 4.69) is 26.8 Å². The minimum Gasteiger partial charge on any atom is -0.381 e. The Morgan fingerprint density at radius 2 is 1.89 bits per heavy atom. The van der Waals surface area contributed by atoms with E-state index in [4.69, 9.17) is 4.74 Å². The van der Waals surface area contributed by atoms with E-state index in [9.17, 15) is 4.79 Å². The zero-order chi connectivity index (χ0) is 19.0. The number of hydrogen-bond donors (Lipinski definition) is 0. The summed E-state index contributed by atoms with van der Waals surface area (Å²) in [4.78, 5) is 10.8. The number of methoxy groups -OCH3 is 1. The average Bonchev–Trinajstić information content (AvgIpc) is 3.16. The van der Waals surface area contributed by atoms with Crippen molar-refractivity contribution in [3.05, 3.63) is 12.2 Å². The predicted molar refractivity (Wildman–Crippen MR) is 108 cm³/mol. The topological polar surface area (TPSA) is 26.3 Å². The second-order valence-corrected chi connectivity index (χ2v) is 11.3. The number of ether oxygens (including phenoxy) is 1. The van der Waals surface area contributed by atoms with Crippen molar-refractivity contribution in [1.82, 2.24) is 0 Å². The van der Waals surface area contributed by atoms with Crippen molar-refractivity contribution < 1.29 is 9.53 Å². The first kappa shape index (κ1) is 18.4. The van der Waals surface area contributed by atoms with Gasteiger partial charge in [-0.3, -0.25) is 4.79 Å². The number of carbonyl (C=O) groups excluding carboxylic acids is 1. The minimum atomic E-state index is 0.453. The molecule has 0 aromatic heterocycles. The smallest absolute Gasteiger partial charge is 0.142 e. The normalized spacial score (nSPS) is 56.9. The Morgan fingerprint density at radius 3 is 2.59 bits per heavy atom. The van der Waals surface area contributed by atoms with Gasteiger partial charge in [0.1, 0.15) is 6.29 Å². The van der Waals surface area contributed by atoms with Gasteiger partial charge in [-0.15, -0.1) is 0 Å². The number of carbonyl (C=O) groups is 1. The molecule has 27 heavy (non-hydrogen) atoms. The van der Waals surface area contributed by atoms with Crippen LogP contribution in [0.2, 0.25) is 0 Å². The minimum absolute atomic E-state index is 0.453. The summed E-state index contributed by atoms with van der Waals surface area (Å²) in [6.07, 6.45) is 16.6. The van der Waals surface area contributed by atoms with Crippen LogP contribution in [-0.2, 0) is 9.53 Å². The third-order valence-electron chi connectivity index (χ3n) is 11.0. The second-order valence-electron chi connectivity index (χ2n) is 11.3. The molecule has 0 saturated heterocycles. The maximum atomic E-state index is 10.8. The summed E-state index contributed by atoms with van der Waals surface area (Å²) < 4.78 is 6.22. The summed E-state index contributed by atoms with van der Waals surface area (Å²) in [6, 6.07) is 0. The fourth-order valence-electron chi connectivity index (χ4n) is 9.84. The highest BCUT2D eigenvalue weighted by molar-refractivity contribution is 5.64. The molecular weight excluding hydrogens is 332 g/mol. The molecular formula is C25H38O2. The van der Waals surface area contributed by atoms with Crippen LogP contribution in [0.3, 0.4) is 0 Å². The highest BCUT2D eigenvalue weighted by Crippen LogP contribution is 2.82. The molecule has 5 fully saturated rings. The van der Waals surface area contributed by atoms with Crippen molar-refractivity contribution in [3.63, 3.8) is 0 Å². The van der Waals surface area contributed by atoms with Crippen LogP contribution in [0.15, 0.2) is 12.2 Å². The SMILES string of the molecule is CO[C@H]1C[C@H]2[C@@H]3CC[C@H]([C@H](C)C=CC=O)[C@@]3(C)CC[C@@H]2[C@@]2(C)CC[C@H]3C[C@]312. The van der Waals surface area contributed by atoms with E-state index < -0.39 is 0 Å². The predicted octanol–water partition coefficient (Wildman–Crippen LogP) is 5.66. The van der Waals surface area contributed by atoms with Gasteiger partial charge in [0.15, 0.2) is 0 Å². The summed E-state index contributed by atoms with van der Waals surface area (Å²) in [5, 5.41) is 0. The van der Waals surface area contributed by atoms with Crippen LogP contribution in [0, 0.1) is 51.8 Å². The van der Waals surface area contributed by atoms with Crippen molar-refractivity contribution in [1.29, 1.82) is 0 Å². The van der Waals surface area contributed by atoms with Gasteiger partial charge < -0.3 is 4.74 Å². The van der Waals surface area contributed by atoms with Gasteiger partial charge in [-0.2, -0.15) is 0 Å². The lowest BCUT2D eigenvalue weighted by atomic mass is 9.45.